The number of hydrogen-bond acceptors (Lipinski definition) is 5. The third kappa shape index (κ3) is 4.82. The van der Waals surface area contributed by atoms with E-state index in [9.17, 15) is 18.4 Å². The molecule has 0 heterocycles. The molecule has 0 saturated heterocycles. The molecule has 30 heavy (non-hydrogen) atoms. The van der Waals surface area contributed by atoms with E-state index in [-0.39, 0.29) is 17.5 Å². The average molecular weight is 413 g/mol. The molecule has 0 aromatic heterocycles. The van der Waals surface area contributed by atoms with Gasteiger partial charge in [-0.15, -0.1) is 0 Å². The lowest BCUT2D eigenvalue weighted by Crippen LogP contribution is -2.25. The van der Waals surface area contributed by atoms with E-state index in [2.05, 4.69) is 6.92 Å². The summed E-state index contributed by atoms with van der Waals surface area (Å²) < 4.78 is 37.8. The number of benzene rings is 2. The molecular formula is C23H21F2NO4. The first-order valence-corrected chi connectivity index (χ1v) is 9.85. The van der Waals surface area contributed by atoms with Crippen molar-refractivity contribution in [1.29, 1.82) is 5.26 Å². The SMILES string of the molecule is CCC1CCC(C(=O)Oc2ccc(C(=O)Oc3ccc(C#N)c(F)c3F)cc2)CC1. The Morgan fingerprint density at radius 2 is 1.67 bits per heavy atom. The molecule has 1 aliphatic rings. The smallest absolute Gasteiger partial charge is 0.343 e. The minimum Gasteiger partial charge on any atom is -0.426 e. The Morgan fingerprint density at radius 1 is 1.00 bits per heavy atom. The van der Waals surface area contributed by atoms with Crippen LogP contribution in [-0.2, 0) is 4.79 Å². The van der Waals surface area contributed by atoms with E-state index < -0.39 is 28.9 Å². The van der Waals surface area contributed by atoms with Crippen molar-refractivity contribution in [3.63, 3.8) is 0 Å². The van der Waals surface area contributed by atoms with Crippen LogP contribution in [0.1, 0.15) is 54.9 Å². The fourth-order valence-corrected chi connectivity index (χ4v) is 3.52. The Labute approximate surface area is 173 Å². The number of rotatable bonds is 5. The number of esters is 2. The summed E-state index contributed by atoms with van der Waals surface area (Å²) in [7, 11) is 0. The third-order valence-corrected chi connectivity index (χ3v) is 5.44. The van der Waals surface area contributed by atoms with Gasteiger partial charge in [0, 0.05) is 0 Å². The standard InChI is InChI=1S/C23H21F2NO4/c1-2-14-3-5-15(6-4-14)22(27)29-18-10-7-16(8-11-18)23(28)30-19-12-9-17(13-26)20(24)21(19)25/h7-12,14-15H,2-6H2,1H3. The van der Waals surface area contributed by atoms with Crippen LogP contribution in [0.2, 0.25) is 0 Å². The fourth-order valence-electron chi connectivity index (χ4n) is 3.52. The molecule has 1 saturated carbocycles. The van der Waals surface area contributed by atoms with Gasteiger partial charge in [0.05, 0.1) is 17.0 Å². The zero-order valence-corrected chi connectivity index (χ0v) is 16.5. The largest absolute Gasteiger partial charge is 0.426 e. The molecule has 5 nitrogen and oxygen atoms in total. The van der Waals surface area contributed by atoms with E-state index in [0.29, 0.717) is 11.7 Å². The molecule has 0 radical (unpaired) electrons. The Morgan fingerprint density at radius 3 is 2.27 bits per heavy atom. The van der Waals surface area contributed by atoms with Crippen molar-refractivity contribution in [2.24, 2.45) is 11.8 Å². The lowest BCUT2D eigenvalue weighted by molar-refractivity contribution is -0.140. The summed E-state index contributed by atoms with van der Waals surface area (Å²) >= 11 is 0. The average Bonchev–Trinajstić information content (AvgIpc) is 2.77. The molecule has 1 fully saturated rings. The molecule has 2 aromatic rings. The second kappa shape index (κ2) is 9.49. The molecule has 0 aliphatic heterocycles. The molecule has 0 unspecified atom stereocenters. The summed E-state index contributed by atoms with van der Waals surface area (Å²) in [6.45, 7) is 2.15. The van der Waals surface area contributed by atoms with Crippen LogP contribution in [0.5, 0.6) is 11.5 Å². The Kier molecular flexibility index (Phi) is 6.78. The first-order chi connectivity index (χ1) is 14.4. The minimum absolute atomic E-state index is 0.0717. The molecular weight excluding hydrogens is 392 g/mol. The minimum atomic E-state index is -1.41. The van der Waals surface area contributed by atoms with E-state index >= 15 is 0 Å². The summed E-state index contributed by atoms with van der Waals surface area (Å²) in [4.78, 5) is 24.5. The Balaban J connectivity index is 1.60. The number of nitrogens with zero attached hydrogens (tertiary/aromatic N) is 1. The van der Waals surface area contributed by atoms with Crippen molar-refractivity contribution in [3.05, 3.63) is 59.2 Å². The number of hydrogen-bond donors (Lipinski definition) is 0. The molecule has 0 atom stereocenters. The van der Waals surface area contributed by atoms with Crippen molar-refractivity contribution < 1.29 is 27.8 Å². The van der Waals surface area contributed by atoms with E-state index in [1.807, 2.05) is 0 Å². The number of carbonyl (C=O) groups excluding carboxylic acids is 2. The number of ether oxygens (including phenoxy) is 2. The van der Waals surface area contributed by atoms with Crippen molar-refractivity contribution >= 4 is 11.9 Å². The predicted octanol–water partition coefficient (Wildman–Crippen LogP) is 5.18. The molecule has 7 heteroatoms. The summed E-state index contributed by atoms with van der Waals surface area (Å²) in [5.74, 6) is -3.74. The van der Waals surface area contributed by atoms with E-state index in [1.165, 1.54) is 30.3 Å². The monoisotopic (exact) mass is 413 g/mol. The van der Waals surface area contributed by atoms with Crippen molar-refractivity contribution in [3.8, 4) is 17.6 Å². The van der Waals surface area contributed by atoms with Gasteiger partial charge in [0.15, 0.2) is 11.6 Å². The Hall–Kier alpha value is -3.27. The highest BCUT2D eigenvalue weighted by atomic mass is 19.2. The van der Waals surface area contributed by atoms with Gasteiger partial charge in [0.1, 0.15) is 11.8 Å². The highest BCUT2D eigenvalue weighted by Crippen LogP contribution is 2.31. The van der Waals surface area contributed by atoms with Crippen LogP contribution in [-0.4, -0.2) is 11.9 Å². The molecule has 2 aromatic carbocycles. The molecule has 0 amide bonds. The van der Waals surface area contributed by atoms with Crippen LogP contribution >= 0.6 is 0 Å². The van der Waals surface area contributed by atoms with E-state index in [4.69, 9.17) is 14.7 Å². The maximum absolute atomic E-state index is 13.9. The maximum Gasteiger partial charge on any atom is 0.343 e. The quantitative estimate of drug-likeness (QED) is 0.499. The third-order valence-electron chi connectivity index (χ3n) is 5.44. The highest BCUT2D eigenvalue weighted by molar-refractivity contribution is 5.91. The molecule has 3 rings (SSSR count). The molecule has 0 N–H and O–H groups in total. The number of nitriles is 1. The summed E-state index contributed by atoms with van der Waals surface area (Å²) in [5, 5.41) is 8.69. The van der Waals surface area contributed by atoms with Gasteiger partial charge < -0.3 is 9.47 Å². The van der Waals surface area contributed by atoms with Gasteiger partial charge in [-0.3, -0.25) is 4.79 Å². The van der Waals surface area contributed by atoms with Crippen LogP contribution in [0.15, 0.2) is 36.4 Å². The molecule has 1 aliphatic carbocycles. The first-order valence-electron chi connectivity index (χ1n) is 9.85. The van der Waals surface area contributed by atoms with Gasteiger partial charge in [-0.05, 0) is 68.0 Å². The van der Waals surface area contributed by atoms with Crippen LogP contribution in [0, 0.1) is 34.8 Å². The molecule has 156 valence electrons. The van der Waals surface area contributed by atoms with Gasteiger partial charge in [-0.25, -0.2) is 9.18 Å². The normalized spacial score (nSPS) is 18.3. The zero-order valence-electron chi connectivity index (χ0n) is 16.5. The van der Waals surface area contributed by atoms with Crippen molar-refractivity contribution in [2.45, 2.75) is 39.0 Å². The van der Waals surface area contributed by atoms with Gasteiger partial charge >= 0.3 is 11.9 Å². The van der Waals surface area contributed by atoms with E-state index in [1.54, 1.807) is 0 Å². The van der Waals surface area contributed by atoms with Gasteiger partial charge in [0.25, 0.3) is 0 Å². The molecule has 0 spiro atoms. The Bertz CT molecular complexity index is 974. The maximum atomic E-state index is 13.9. The summed E-state index contributed by atoms with van der Waals surface area (Å²) in [6.07, 6.45) is 4.79. The molecule has 0 bridgehead atoms. The first kappa shape index (κ1) is 21.4. The summed E-state index contributed by atoms with van der Waals surface area (Å²) in [6, 6.07) is 9.18. The second-order valence-corrected chi connectivity index (χ2v) is 7.31. The number of carbonyl (C=O) groups is 2. The lowest BCUT2D eigenvalue weighted by atomic mass is 9.81. The predicted molar refractivity (Wildman–Crippen MR) is 104 cm³/mol. The zero-order chi connectivity index (χ0) is 21.7. The number of halogens is 2. The van der Waals surface area contributed by atoms with Crippen LogP contribution < -0.4 is 9.47 Å². The highest BCUT2D eigenvalue weighted by Gasteiger charge is 2.27. The van der Waals surface area contributed by atoms with Crippen LogP contribution in [0.3, 0.4) is 0 Å². The van der Waals surface area contributed by atoms with Crippen molar-refractivity contribution in [2.75, 3.05) is 0 Å². The van der Waals surface area contributed by atoms with E-state index in [0.717, 1.165) is 44.2 Å². The van der Waals surface area contributed by atoms with Crippen molar-refractivity contribution in [1.82, 2.24) is 0 Å². The van der Waals surface area contributed by atoms with Crippen LogP contribution in [0.25, 0.3) is 0 Å². The lowest BCUT2D eigenvalue weighted by Gasteiger charge is -2.26. The second-order valence-electron chi connectivity index (χ2n) is 7.31. The van der Waals surface area contributed by atoms with Gasteiger partial charge in [-0.2, -0.15) is 9.65 Å². The summed E-state index contributed by atoms with van der Waals surface area (Å²) in [5.41, 5.74) is -0.413. The van der Waals surface area contributed by atoms with Gasteiger partial charge in [0.2, 0.25) is 5.82 Å². The van der Waals surface area contributed by atoms with Crippen LogP contribution in [0.4, 0.5) is 8.78 Å². The topological polar surface area (TPSA) is 76.4 Å². The fraction of sp³-hybridized carbons (Fsp3) is 0.348. The van der Waals surface area contributed by atoms with Gasteiger partial charge in [-0.1, -0.05) is 13.3 Å².